The van der Waals surface area contributed by atoms with E-state index in [1.807, 2.05) is 0 Å². The molecule has 1 aliphatic heterocycles. The van der Waals surface area contributed by atoms with Gasteiger partial charge in [0.1, 0.15) is 18.2 Å². The van der Waals surface area contributed by atoms with E-state index in [9.17, 15) is 17.2 Å². The highest BCUT2D eigenvalue weighted by Gasteiger charge is 2.33. The average Bonchev–Trinajstić information content (AvgIpc) is 3.08. The Balaban J connectivity index is 1.67. The van der Waals surface area contributed by atoms with E-state index >= 15 is 0 Å². The zero-order valence-corrected chi connectivity index (χ0v) is 15.0. The van der Waals surface area contributed by atoms with Crippen LogP contribution < -0.4 is 4.74 Å². The maximum absolute atomic E-state index is 14.2. The molecular weight excluding hydrogens is 364 g/mol. The highest BCUT2D eigenvalue weighted by Crippen LogP contribution is 2.24. The first-order chi connectivity index (χ1) is 12.4. The summed E-state index contributed by atoms with van der Waals surface area (Å²) in [6.07, 6.45) is 1.51. The van der Waals surface area contributed by atoms with E-state index in [1.165, 1.54) is 28.8 Å². The third-order valence-electron chi connectivity index (χ3n) is 4.24. The number of sulfonamides is 1. The minimum Gasteiger partial charge on any atom is -0.471 e. The summed E-state index contributed by atoms with van der Waals surface area (Å²) in [4.78, 5) is 7.62. The molecule has 140 valence electrons. The number of rotatable bonds is 6. The molecule has 26 heavy (non-hydrogen) atoms. The first-order valence-electron chi connectivity index (χ1n) is 8.28. The molecule has 0 unspecified atom stereocenters. The van der Waals surface area contributed by atoms with E-state index in [2.05, 4.69) is 9.97 Å². The van der Waals surface area contributed by atoms with Crippen molar-refractivity contribution in [3.05, 3.63) is 53.5 Å². The predicted octanol–water partition coefficient (Wildman–Crippen LogP) is 2.30. The van der Waals surface area contributed by atoms with E-state index in [0.717, 1.165) is 0 Å². The van der Waals surface area contributed by atoms with Gasteiger partial charge in [0.25, 0.3) is 5.88 Å². The van der Waals surface area contributed by atoms with Crippen molar-refractivity contribution < 1.29 is 21.9 Å². The van der Waals surface area contributed by atoms with Gasteiger partial charge in [-0.2, -0.15) is 13.7 Å². The Morgan fingerprint density at radius 2 is 2.04 bits per heavy atom. The van der Waals surface area contributed by atoms with Gasteiger partial charge in [0.2, 0.25) is 15.8 Å². The zero-order valence-electron chi connectivity index (χ0n) is 14.2. The standard InChI is InChI=1S/C17H19F2N3O3S/c1-2-15-16(19)17(21-11-20-15)25-13-7-8-22(9-13)26(23,24)10-12-5-3-4-6-14(12)18/h3-6,11,13H,2,7-10H2,1H3/t13-/m0/s1. The summed E-state index contributed by atoms with van der Waals surface area (Å²) in [6.45, 7) is 2.07. The van der Waals surface area contributed by atoms with Gasteiger partial charge in [-0.25, -0.2) is 17.8 Å². The van der Waals surface area contributed by atoms with Crippen LogP contribution in [0.25, 0.3) is 0 Å². The highest BCUT2D eigenvalue weighted by molar-refractivity contribution is 7.88. The number of benzene rings is 1. The Bertz CT molecular complexity index is 893. The first-order valence-corrected chi connectivity index (χ1v) is 9.89. The van der Waals surface area contributed by atoms with Crippen molar-refractivity contribution in [1.29, 1.82) is 0 Å². The lowest BCUT2D eigenvalue weighted by atomic mass is 10.2. The molecule has 0 saturated carbocycles. The second kappa shape index (κ2) is 7.63. The number of hydrogen-bond acceptors (Lipinski definition) is 5. The van der Waals surface area contributed by atoms with Crippen molar-refractivity contribution in [1.82, 2.24) is 14.3 Å². The Hall–Kier alpha value is -2.13. The van der Waals surface area contributed by atoms with Crippen molar-refractivity contribution in [2.75, 3.05) is 13.1 Å². The Kier molecular flexibility index (Phi) is 5.47. The van der Waals surface area contributed by atoms with Gasteiger partial charge >= 0.3 is 0 Å². The van der Waals surface area contributed by atoms with E-state index < -0.39 is 33.5 Å². The fourth-order valence-electron chi connectivity index (χ4n) is 2.82. The van der Waals surface area contributed by atoms with Gasteiger partial charge in [-0.1, -0.05) is 25.1 Å². The van der Waals surface area contributed by atoms with E-state index in [1.54, 1.807) is 13.0 Å². The molecule has 0 radical (unpaired) electrons. The van der Waals surface area contributed by atoms with Crippen molar-refractivity contribution in [2.24, 2.45) is 0 Å². The maximum atomic E-state index is 14.2. The van der Waals surface area contributed by atoms with Crippen LogP contribution in [-0.4, -0.2) is 41.9 Å². The normalized spacial score (nSPS) is 18.2. The van der Waals surface area contributed by atoms with Gasteiger partial charge in [-0.3, -0.25) is 0 Å². The van der Waals surface area contributed by atoms with Gasteiger partial charge < -0.3 is 4.74 Å². The van der Waals surface area contributed by atoms with Crippen LogP contribution in [0.3, 0.4) is 0 Å². The maximum Gasteiger partial charge on any atom is 0.254 e. The topological polar surface area (TPSA) is 72.4 Å². The second-order valence-corrected chi connectivity index (χ2v) is 8.00. The molecule has 3 rings (SSSR count). The van der Waals surface area contributed by atoms with Gasteiger partial charge in [-0.15, -0.1) is 0 Å². The molecule has 0 bridgehead atoms. The summed E-state index contributed by atoms with van der Waals surface area (Å²) in [5.41, 5.74) is 0.364. The third-order valence-corrected chi connectivity index (χ3v) is 6.03. The quantitative estimate of drug-likeness (QED) is 0.765. The van der Waals surface area contributed by atoms with Crippen molar-refractivity contribution in [2.45, 2.75) is 31.6 Å². The monoisotopic (exact) mass is 383 g/mol. The molecule has 0 N–H and O–H groups in total. The Morgan fingerprint density at radius 3 is 2.77 bits per heavy atom. The molecule has 1 saturated heterocycles. The lowest BCUT2D eigenvalue weighted by Crippen LogP contribution is -2.32. The minimum absolute atomic E-state index is 0.0711. The van der Waals surface area contributed by atoms with E-state index in [-0.39, 0.29) is 30.2 Å². The number of halogens is 2. The van der Waals surface area contributed by atoms with E-state index in [4.69, 9.17) is 4.74 Å². The average molecular weight is 383 g/mol. The Morgan fingerprint density at radius 1 is 1.27 bits per heavy atom. The summed E-state index contributed by atoms with van der Waals surface area (Å²) < 4.78 is 59.7. The zero-order chi connectivity index (χ0) is 18.7. The van der Waals surface area contributed by atoms with Gasteiger partial charge in [-0.05, 0) is 18.9 Å². The van der Waals surface area contributed by atoms with Crippen LogP contribution in [0.2, 0.25) is 0 Å². The lowest BCUT2D eigenvalue weighted by Gasteiger charge is -2.17. The van der Waals surface area contributed by atoms with Gasteiger partial charge in [0.15, 0.2) is 0 Å². The number of aromatic nitrogens is 2. The first kappa shape index (κ1) is 18.7. The second-order valence-electron chi connectivity index (χ2n) is 6.03. The molecular formula is C17H19F2N3O3S. The van der Waals surface area contributed by atoms with Crippen molar-refractivity contribution in [3.63, 3.8) is 0 Å². The summed E-state index contributed by atoms with van der Waals surface area (Å²) in [5.74, 6) is -1.77. The Labute approximate surface area is 150 Å². The number of aryl methyl sites for hydroxylation is 1. The van der Waals surface area contributed by atoms with E-state index in [0.29, 0.717) is 12.8 Å². The van der Waals surface area contributed by atoms with Gasteiger partial charge in [0, 0.05) is 12.1 Å². The molecule has 6 nitrogen and oxygen atoms in total. The fourth-order valence-corrected chi connectivity index (χ4v) is 4.41. The highest BCUT2D eigenvalue weighted by atomic mass is 32.2. The molecule has 0 spiro atoms. The van der Waals surface area contributed by atoms with Crippen molar-refractivity contribution in [3.8, 4) is 5.88 Å². The molecule has 1 fully saturated rings. The smallest absolute Gasteiger partial charge is 0.254 e. The third kappa shape index (κ3) is 3.99. The van der Waals surface area contributed by atoms with Crippen LogP contribution in [0, 0.1) is 11.6 Å². The molecule has 2 aromatic rings. The molecule has 1 aliphatic rings. The SMILES string of the molecule is CCc1ncnc(O[C@H]2CCN(S(=O)(=O)Cc3ccccc3F)C2)c1F. The molecule has 0 amide bonds. The molecule has 0 aliphatic carbocycles. The fraction of sp³-hybridized carbons (Fsp3) is 0.412. The van der Waals surface area contributed by atoms with Crippen LogP contribution in [0.1, 0.15) is 24.6 Å². The summed E-state index contributed by atoms with van der Waals surface area (Å²) in [5, 5.41) is 0. The molecule has 1 atom stereocenters. The van der Waals surface area contributed by atoms with Crippen LogP contribution in [-0.2, 0) is 22.2 Å². The minimum atomic E-state index is -3.70. The lowest BCUT2D eigenvalue weighted by molar-refractivity contribution is 0.195. The predicted molar refractivity (Wildman–Crippen MR) is 91.0 cm³/mol. The number of ether oxygens (including phenoxy) is 1. The largest absolute Gasteiger partial charge is 0.471 e. The summed E-state index contributed by atoms with van der Waals surface area (Å²) in [6, 6.07) is 5.77. The molecule has 9 heteroatoms. The molecule has 1 aromatic carbocycles. The summed E-state index contributed by atoms with van der Waals surface area (Å²) >= 11 is 0. The molecule has 2 heterocycles. The van der Waals surface area contributed by atoms with Crippen LogP contribution >= 0.6 is 0 Å². The van der Waals surface area contributed by atoms with Crippen molar-refractivity contribution >= 4 is 10.0 Å². The molecule has 1 aromatic heterocycles. The van der Waals surface area contributed by atoms with Crippen LogP contribution in [0.15, 0.2) is 30.6 Å². The number of nitrogens with zero attached hydrogens (tertiary/aromatic N) is 3. The van der Waals surface area contributed by atoms with Gasteiger partial charge in [0.05, 0.1) is 18.0 Å². The van der Waals surface area contributed by atoms with Crippen LogP contribution in [0.5, 0.6) is 5.88 Å². The van der Waals surface area contributed by atoms with Crippen LogP contribution in [0.4, 0.5) is 8.78 Å². The summed E-state index contributed by atoms with van der Waals surface area (Å²) in [7, 11) is -3.70. The number of hydrogen-bond donors (Lipinski definition) is 0.